The van der Waals surface area contributed by atoms with Crippen LogP contribution in [0.3, 0.4) is 0 Å². The first-order valence-corrected chi connectivity index (χ1v) is 11.0. The molecule has 0 aliphatic heterocycles. The Kier molecular flexibility index (Phi) is 10.3. The van der Waals surface area contributed by atoms with Crippen molar-refractivity contribution in [3.63, 3.8) is 0 Å². The van der Waals surface area contributed by atoms with Gasteiger partial charge in [-0.05, 0) is 43.0 Å². The number of hydrogen-bond acceptors (Lipinski definition) is 3. The average Bonchev–Trinajstić information content (AvgIpc) is 2.73. The Morgan fingerprint density at radius 2 is 1.03 bits per heavy atom. The van der Waals surface area contributed by atoms with E-state index < -0.39 is 5.60 Å². The Labute approximate surface area is 216 Å². The van der Waals surface area contributed by atoms with Gasteiger partial charge in [-0.3, -0.25) is 0 Å². The summed E-state index contributed by atoms with van der Waals surface area (Å²) in [7, 11) is 0. The zero-order chi connectivity index (χ0) is 24.2. The summed E-state index contributed by atoms with van der Waals surface area (Å²) in [6.45, 7) is 18.4. The van der Waals surface area contributed by atoms with E-state index in [1.807, 2.05) is 12.1 Å². The van der Waals surface area contributed by atoms with E-state index in [0.29, 0.717) is 0 Å². The number of pyridine rings is 1. The maximum atomic E-state index is 9.45. The number of benzene rings is 2. The van der Waals surface area contributed by atoms with Gasteiger partial charge in [0.25, 0.3) is 0 Å². The molecule has 4 heteroatoms. The molecule has 3 aromatic rings. The molecule has 0 atom stereocenters. The number of hydrogen-bond donors (Lipinski definition) is 0. The molecule has 1 aromatic heterocycles. The van der Waals surface area contributed by atoms with Gasteiger partial charge in [-0.1, -0.05) is 59.7 Å². The third-order valence-corrected chi connectivity index (χ3v) is 4.91. The molecule has 3 nitrogen and oxygen atoms in total. The zero-order valence-corrected chi connectivity index (χ0v) is 23.4. The quantitative estimate of drug-likeness (QED) is 0.138. The summed E-state index contributed by atoms with van der Waals surface area (Å²) < 4.78 is 0. The van der Waals surface area contributed by atoms with Crippen LogP contribution in [0, 0.1) is 12.1 Å². The van der Waals surface area contributed by atoms with Gasteiger partial charge in [0.15, 0.2) is 0 Å². The molecule has 0 radical (unpaired) electrons. The number of aromatic nitrogens is 1. The summed E-state index contributed by atoms with van der Waals surface area (Å²) in [5.41, 5.74) is 6.24. The summed E-state index contributed by atoms with van der Waals surface area (Å²) in [5, 5.41) is 9.45. The molecule has 33 heavy (non-hydrogen) atoms. The van der Waals surface area contributed by atoms with Crippen LogP contribution in [0.4, 0.5) is 0 Å². The van der Waals surface area contributed by atoms with Gasteiger partial charge in [-0.25, -0.2) is 0 Å². The van der Waals surface area contributed by atoms with Crippen LogP contribution in [0.25, 0.3) is 22.5 Å². The fourth-order valence-electron chi connectivity index (χ4n) is 2.84. The SMILES string of the molecule is CC(C)(C)O[O-].CC(C)(C)c1c[c-]c(-c2cccc(-c3[c-]cc(C(C)(C)C)cc3)n2)cc1.[Au+3]. The molecule has 0 saturated carbocycles. The molecule has 0 saturated heterocycles. The molecule has 180 valence electrons. The van der Waals surface area contributed by atoms with Crippen molar-refractivity contribution in [3.05, 3.63) is 77.9 Å². The van der Waals surface area contributed by atoms with E-state index >= 15 is 0 Å². The Hall–Kier alpha value is -1.75. The molecule has 0 amide bonds. The molecule has 1 heterocycles. The van der Waals surface area contributed by atoms with E-state index in [4.69, 9.17) is 4.98 Å². The fourth-order valence-corrected chi connectivity index (χ4v) is 2.84. The third kappa shape index (κ3) is 9.19. The summed E-state index contributed by atoms with van der Waals surface area (Å²) in [4.78, 5) is 8.52. The van der Waals surface area contributed by atoms with Gasteiger partial charge in [0.2, 0.25) is 0 Å². The van der Waals surface area contributed by atoms with Crippen molar-refractivity contribution in [1.82, 2.24) is 4.98 Å². The van der Waals surface area contributed by atoms with Crippen LogP contribution in [0.2, 0.25) is 0 Å². The van der Waals surface area contributed by atoms with Crippen LogP contribution < -0.4 is 5.26 Å². The standard InChI is InChI=1S/C25H27N.C4H10O2.Au/c1-24(2,3)20-14-10-18(11-15-20)22-8-7-9-23(26-22)19-12-16-21(17-13-19)25(4,5)6;1-4(2,3)6-5;/h7-10,12,14-17H,1-6H3;5H,1-3H3;/q-2;;+3/p-1. The van der Waals surface area contributed by atoms with Gasteiger partial charge in [-0.15, -0.1) is 70.8 Å². The van der Waals surface area contributed by atoms with Gasteiger partial charge in [0, 0.05) is 5.60 Å². The molecule has 0 fully saturated rings. The van der Waals surface area contributed by atoms with Crippen LogP contribution in [-0.4, -0.2) is 10.6 Å². The molecule has 2 aromatic carbocycles. The monoisotopic (exact) mass is 627 g/mol. The van der Waals surface area contributed by atoms with Gasteiger partial charge in [-0.2, -0.15) is 0 Å². The molecule has 0 spiro atoms. The van der Waals surface area contributed by atoms with Crippen molar-refractivity contribution >= 4 is 0 Å². The van der Waals surface area contributed by atoms with Gasteiger partial charge in [0.05, 0.1) is 0 Å². The van der Waals surface area contributed by atoms with E-state index in [1.165, 1.54) is 11.1 Å². The van der Waals surface area contributed by atoms with Crippen molar-refractivity contribution in [2.75, 3.05) is 0 Å². The summed E-state index contributed by atoms with van der Waals surface area (Å²) >= 11 is 0. The van der Waals surface area contributed by atoms with Crippen LogP contribution in [-0.2, 0) is 38.1 Å². The van der Waals surface area contributed by atoms with Crippen molar-refractivity contribution < 1.29 is 32.5 Å². The van der Waals surface area contributed by atoms with Gasteiger partial charge in [0.1, 0.15) is 0 Å². The van der Waals surface area contributed by atoms with E-state index in [1.54, 1.807) is 20.8 Å². The van der Waals surface area contributed by atoms with Crippen molar-refractivity contribution in [3.8, 4) is 22.5 Å². The molecule has 0 N–H and O–H groups in total. The van der Waals surface area contributed by atoms with Crippen LogP contribution in [0.1, 0.15) is 73.4 Å². The van der Waals surface area contributed by atoms with Crippen LogP contribution >= 0.6 is 0 Å². The Morgan fingerprint density at radius 1 is 0.667 bits per heavy atom. The second kappa shape index (κ2) is 11.6. The van der Waals surface area contributed by atoms with E-state index in [9.17, 15) is 5.26 Å². The second-order valence-corrected chi connectivity index (χ2v) is 11.1. The number of nitrogens with zero attached hydrogens (tertiary/aromatic N) is 1. The molecule has 0 unspecified atom stereocenters. The van der Waals surface area contributed by atoms with Crippen molar-refractivity contribution in [2.24, 2.45) is 0 Å². The smallest absolute Gasteiger partial charge is 0.723 e. The molecular formula is C29H36AuNO2. The van der Waals surface area contributed by atoms with Gasteiger partial charge < -0.3 is 15.1 Å². The summed E-state index contributed by atoms with van der Waals surface area (Å²) in [6.07, 6.45) is 0. The minimum absolute atomic E-state index is 0. The van der Waals surface area contributed by atoms with Crippen LogP contribution in [0.15, 0.2) is 54.6 Å². The van der Waals surface area contributed by atoms with E-state index in [-0.39, 0.29) is 33.2 Å². The average molecular weight is 628 g/mol. The molecule has 0 aliphatic carbocycles. The molecule has 0 bridgehead atoms. The second-order valence-electron chi connectivity index (χ2n) is 11.1. The Bertz CT molecular complexity index is 917. The van der Waals surface area contributed by atoms with E-state index in [2.05, 4.69) is 101 Å². The molecule has 0 aliphatic rings. The minimum atomic E-state index is -0.514. The summed E-state index contributed by atoms with van der Waals surface area (Å²) in [6, 6.07) is 25.6. The van der Waals surface area contributed by atoms with Crippen molar-refractivity contribution in [1.29, 1.82) is 0 Å². The fraction of sp³-hybridized carbons (Fsp3) is 0.414. The third-order valence-electron chi connectivity index (χ3n) is 4.91. The Morgan fingerprint density at radius 3 is 1.27 bits per heavy atom. The van der Waals surface area contributed by atoms with Gasteiger partial charge >= 0.3 is 22.4 Å². The maximum absolute atomic E-state index is 9.45. The minimum Gasteiger partial charge on any atom is -0.723 e. The molecule has 3 rings (SSSR count). The predicted molar refractivity (Wildman–Crippen MR) is 131 cm³/mol. The summed E-state index contributed by atoms with van der Waals surface area (Å²) in [5.74, 6) is 0. The zero-order valence-electron chi connectivity index (χ0n) is 21.3. The van der Waals surface area contributed by atoms with Crippen molar-refractivity contribution in [2.45, 2.75) is 78.7 Å². The van der Waals surface area contributed by atoms with Crippen LogP contribution in [0.5, 0.6) is 0 Å². The first-order chi connectivity index (χ1) is 14.7. The Balaban J connectivity index is 0.000000691. The molecular weight excluding hydrogens is 591 g/mol. The number of rotatable bonds is 2. The first kappa shape index (κ1) is 29.3. The normalized spacial score (nSPS) is 11.8. The van der Waals surface area contributed by atoms with E-state index in [0.717, 1.165) is 22.5 Å². The first-order valence-electron chi connectivity index (χ1n) is 11.0. The largest absolute Gasteiger partial charge is 3.00 e. The predicted octanol–water partition coefficient (Wildman–Crippen LogP) is 6.69. The maximum Gasteiger partial charge on any atom is 3.00 e. The topological polar surface area (TPSA) is 45.2 Å².